The van der Waals surface area contributed by atoms with E-state index in [4.69, 9.17) is 4.74 Å². The van der Waals surface area contributed by atoms with Gasteiger partial charge in [0.15, 0.2) is 0 Å². The molecule has 1 saturated heterocycles. The SMILES string of the molecule is Cc1c[nH]c2ncc(-c3cc4c(c(N5CCC[C@H]5C)c3)COCC4)cc12. The highest BCUT2D eigenvalue weighted by Gasteiger charge is 2.26. The summed E-state index contributed by atoms with van der Waals surface area (Å²) in [6.07, 6.45) is 7.57. The Morgan fingerprint density at radius 2 is 2.15 bits per heavy atom. The summed E-state index contributed by atoms with van der Waals surface area (Å²) in [6, 6.07) is 7.59. The van der Waals surface area contributed by atoms with Gasteiger partial charge in [-0.1, -0.05) is 6.07 Å². The largest absolute Gasteiger partial charge is 0.376 e. The van der Waals surface area contributed by atoms with E-state index in [0.29, 0.717) is 6.04 Å². The van der Waals surface area contributed by atoms with E-state index in [-0.39, 0.29) is 0 Å². The fourth-order valence-electron chi connectivity index (χ4n) is 4.47. The zero-order chi connectivity index (χ0) is 17.7. The van der Waals surface area contributed by atoms with Crippen molar-refractivity contribution in [3.63, 3.8) is 0 Å². The average Bonchev–Trinajstić information content (AvgIpc) is 3.26. The first-order valence-corrected chi connectivity index (χ1v) is 9.65. The van der Waals surface area contributed by atoms with E-state index >= 15 is 0 Å². The molecule has 2 aliphatic heterocycles. The smallest absolute Gasteiger partial charge is 0.137 e. The molecule has 0 aliphatic carbocycles. The highest BCUT2D eigenvalue weighted by molar-refractivity contribution is 5.85. The molecule has 2 aromatic heterocycles. The minimum absolute atomic E-state index is 0.601. The van der Waals surface area contributed by atoms with Crippen molar-refractivity contribution in [1.82, 2.24) is 9.97 Å². The number of nitrogens with zero attached hydrogens (tertiary/aromatic N) is 2. The summed E-state index contributed by atoms with van der Waals surface area (Å²) in [4.78, 5) is 10.5. The standard InChI is InChI=1S/C22H25N3O/c1-14-11-23-22-19(14)9-18(12-24-22)17-8-16-5-7-26-13-20(16)21(10-17)25-6-3-4-15(25)2/h8-12,15H,3-7,13H2,1-2H3,(H,23,24)/t15-/m1/s1. The molecule has 1 N–H and O–H groups in total. The molecule has 0 radical (unpaired) electrons. The van der Waals surface area contributed by atoms with Crippen molar-refractivity contribution in [1.29, 1.82) is 0 Å². The monoisotopic (exact) mass is 347 g/mol. The van der Waals surface area contributed by atoms with Gasteiger partial charge in [-0.15, -0.1) is 0 Å². The predicted molar refractivity (Wildman–Crippen MR) is 106 cm³/mol. The first kappa shape index (κ1) is 15.9. The number of rotatable bonds is 2. The van der Waals surface area contributed by atoms with Crippen LogP contribution in [0, 0.1) is 6.92 Å². The highest BCUT2D eigenvalue weighted by Crippen LogP contribution is 2.37. The number of aromatic amines is 1. The van der Waals surface area contributed by atoms with Crippen LogP contribution in [0.2, 0.25) is 0 Å². The number of fused-ring (bicyclic) bond motifs is 2. The second kappa shape index (κ2) is 6.13. The van der Waals surface area contributed by atoms with Gasteiger partial charge >= 0.3 is 0 Å². The van der Waals surface area contributed by atoms with Crippen molar-refractivity contribution in [3.8, 4) is 11.1 Å². The molecule has 0 spiro atoms. The van der Waals surface area contributed by atoms with Gasteiger partial charge in [-0.2, -0.15) is 0 Å². The van der Waals surface area contributed by atoms with Gasteiger partial charge in [0.2, 0.25) is 0 Å². The Morgan fingerprint density at radius 1 is 1.23 bits per heavy atom. The molecular weight excluding hydrogens is 322 g/mol. The lowest BCUT2D eigenvalue weighted by molar-refractivity contribution is 0.111. The molecule has 4 nitrogen and oxygen atoms in total. The lowest BCUT2D eigenvalue weighted by Gasteiger charge is -2.30. The number of anilines is 1. The van der Waals surface area contributed by atoms with Crippen LogP contribution in [0.15, 0.2) is 30.6 Å². The van der Waals surface area contributed by atoms with Crippen molar-refractivity contribution in [2.75, 3.05) is 18.1 Å². The molecule has 4 heterocycles. The topological polar surface area (TPSA) is 41.2 Å². The van der Waals surface area contributed by atoms with Crippen LogP contribution in [-0.2, 0) is 17.8 Å². The molecule has 0 bridgehead atoms. The van der Waals surface area contributed by atoms with Crippen LogP contribution in [0.3, 0.4) is 0 Å². The molecule has 2 aliphatic rings. The van der Waals surface area contributed by atoms with Gasteiger partial charge in [0, 0.05) is 47.2 Å². The first-order valence-electron chi connectivity index (χ1n) is 9.65. The second-order valence-electron chi connectivity index (χ2n) is 7.71. The molecule has 0 unspecified atom stereocenters. The Labute approximate surface area is 154 Å². The fraction of sp³-hybridized carbons (Fsp3) is 0.409. The van der Waals surface area contributed by atoms with Gasteiger partial charge in [0.1, 0.15) is 5.65 Å². The quantitative estimate of drug-likeness (QED) is 0.736. The summed E-state index contributed by atoms with van der Waals surface area (Å²) in [5.41, 5.74) is 8.87. The molecular formula is C22H25N3O. The van der Waals surface area contributed by atoms with Gasteiger partial charge in [-0.05, 0) is 61.9 Å². The van der Waals surface area contributed by atoms with Gasteiger partial charge < -0.3 is 14.6 Å². The Hall–Kier alpha value is -2.33. The molecule has 1 atom stereocenters. The molecule has 0 saturated carbocycles. The maximum Gasteiger partial charge on any atom is 0.137 e. The Bertz CT molecular complexity index is 975. The summed E-state index contributed by atoms with van der Waals surface area (Å²) in [7, 11) is 0. The summed E-state index contributed by atoms with van der Waals surface area (Å²) in [6.45, 7) is 7.17. The fourth-order valence-corrected chi connectivity index (χ4v) is 4.47. The van der Waals surface area contributed by atoms with Crippen LogP contribution in [0.4, 0.5) is 5.69 Å². The van der Waals surface area contributed by atoms with Crippen molar-refractivity contribution >= 4 is 16.7 Å². The lowest BCUT2D eigenvalue weighted by Crippen LogP contribution is -2.28. The minimum Gasteiger partial charge on any atom is -0.376 e. The highest BCUT2D eigenvalue weighted by atomic mass is 16.5. The van der Waals surface area contributed by atoms with Gasteiger partial charge in [0.05, 0.1) is 13.2 Å². The number of aromatic nitrogens is 2. The molecule has 134 valence electrons. The van der Waals surface area contributed by atoms with E-state index < -0.39 is 0 Å². The zero-order valence-electron chi connectivity index (χ0n) is 15.5. The van der Waals surface area contributed by atoms with Crippen LogP contribution in [0.25, 0.3) is 22.2 Å². The van der Waals surface area contributed by atoms with E-state index in [0.717, 1.165) is 31.8 Å². The number of aryl methyl sites for hydroxylation is 1. The first-order chi connectivity index (χ1) is 12.7. The number of H-pyrrole nitrogens is 1. The maximum atomic E-state index is 5.80. The third-order valence-electron chi connectivity index (χ3n) is 6.01. The predicted octanol–water partition coefficient (Wildman–Crippen LogP) is 4.60. The third-order valence-corrected chi connectivity index (χ3v) is 6.01. The Morgan fingerprint density at radius 3 is 3.00 bits per heavy atom. The van der Waals surface area contributed by atoms with Crippen molar-refractivity contribution in [2.24, 2.45) is 0 Å². The Balaban J connectivity index is 1.67. The summed E-state index contributed by atoms with van der Waals surface area (Å²) in [5.74, 6) is 0. The Kier molecular flexibility index (Phi) is 3.75. The van der Waals surface area contributed by atoms with Crippen LogP contribution < -0.4 is 4.90 Å². The molecule has 26 heavy (non-hydrogen) atoms. The summed E-state index contributed by atoms with van der Waals surface area (Å²) >= 11 is 0. The van der Waals surface area contributed by atoms with E-state index in [2.05, 4.69) is 46.9 Å². The average molecular weight is 347 g/mol. The molecule has 4 heteroatoms. The molecule has 5 rings (SSSR count). The van der Waals surface area contributed by atoms with Crippen LogP contribution in [-0.4, -0.2) is 29.2 Å². The second-order valence-corrected chi connectivity index (χ2v) is 7.71. The van der Waals surface area contributed by atoms with E-state index in [9.17, 15) is 0 Å². The van der Waals surface area contributed by atoms with Gasteiger partial charge in [-0.3, -0.25) is 0 Å². The summed E-state index contributed by atoms with van der Waals surface area (Å²) in [5, 5.41) is 1.21. The number of hydrogen-bond donors (Lipinski definition) is 1. The normalized spacial score (nSPS) is 19.9. The number of hydrogen-bond acceptors (Lipinski definition) is 3. The molecule has 0 amide bonds. The van der Waals surface area contributed by atoms with Crippen molar-refractivity contribution in [2.45, 2.75) is 45.8 Å². The van der Waals surface area contributed by atoms with E-state index in [1.807, 2.05) is 12.4 Å². The lowest BCUT2D eigenvalue weighted by atomic mass is 9.94. The number of ether oxygens (including phenoxy) is 1. The van der Waals surface area contributed by atoms with Crippen LogP contribution in [0.5, 0.6) is 0 Å². The molecule has 3 aromatic rings. The van der Waals surface area contributed by atoms with Crippen molar-refractivity contribution in [3.05, 3.63) is 47.3 Å². The summed E-state index contributed by atoms with van der Waals surface area (Å²) < 4.78 is 5.80. The van der Waals surface area contributed by atoms with Crippen molar-refractivity contribution < 1.29 is 4.74 Å². The number of nitrogens with one attached hydrogen (secondary N) is 1. The van der Waals surface area contributed by atoms with E-state index in [1.54, 1.807) is 0 Å². The third kappa shape index (κ3) is 2.52. The maximum absolute atomic E-state index is 5.80. The minimum atomic E-state index is 0.601. The van der Waals surface area contributed by atoms with E-state index in [1.165, 1.54) is 51.7 Å². The van der Waals surface area contributed by atoms with Crippen LogP contribution >= 0.6 is 0 Å². The number of pyridine rings is 1. The van der Waals surface area contributed by atoms with Gasteiger partial charge in [0.25, 0.3) is 0 Å². The van der Waals surface area contributed by atoms with Crippen LogP contribution in [0.1, 0.15) is 36.5 Å². The van der Waals surface area contributed by atoms with Gasteiger partial charge in [-0.25, -0.2) is 4.98 Å². The molecule has 1 aromatic carbocycles. The number of benzene rings is 1. The zero-order valence-corrected chi connectivity index (χ0v) is 15.5. The molecule has 1 fully saturated rings.